The Morgan fingerprint density at radius 1 is 0.958 bits per heavy atom. The molecule has 1 amide bonds. The van der Waals surface area contributed by atoms with Crippen molar-refractivity contribution in [1.82, 2.24) is 5.32 Å². The van der Waals surface area contributed by atoms with E-state index in [1.807, 2.05) is 24.3 Å². The molecular weight excluding hydrogens is 306 g/mol. The van der Waals surface area contributed by atoms with Crippen molar-refractivity contribution < 1.29 is 19.1 Å². The third-order valence-corrected chi connectivity index (χ3v) is 3.64. The molecule has 0 aliphatic rings. The van der Waals surface area contributed by atoms with Crippen molar-refractivity contribution in [3.8, 4) is 11.5 Å². The fraction of sp³-hybridized carbons (Fsp3) is 0.263. The van der Waals surface area contributed by atoms with E-state index in [1.54, 1.807) is 38.5 Å². The third-order valence-electron chi connectivity index (χ3n) is 3.64. The van der Waals surface area contributed by atoms with Gasteiger partial charge in [0.25, 0.3) is 0 Å². The van der Waals surface area contributed by atoms with E-state index in [9.17, 15) is 9.59 Å². The summed E-state index contributed by atoms with van der Waals surface area (Å²) in [6.45, 7) is 0.371. The molecule has 0 spiro atoms. The van der Waals surface area contributed by atoms with E-state index in [0.29, 0.717) is 17.9 Å². The van der Waals surface area contributed by atoms with Gasteiger partial charge in [0.05, 0.1) is 14.2 Å². The van der Waals surface area contributed by atoms with Gasteiger partial charge in [0.15, 0.2) is 5.78 Å². The zero-order valence-corrected chi connectivity index (χ0v) is 13.9. The zero-order chi connectivity index (χ0) is 17.4. The summed E-state index contributed by atoms with van der Waals surface area (Å²) in [5.41, 5.74) is 1.44. The first kappa shape index (κ1) is 17.5. The molecule has 0 radical (unpaired) electrons. The van der Waals surface area contributed by atoms with E-state index < -0.39 is 0 Å². The highest BCUT2D eigenvalue weighted by Crippen LogP contribution is 2.17. The molecule has 24 heavy (non-hydrogen) atoms. The minimum absolute atomic E-state index is 0.0821. The van der Waals surface area contributed by atoms with E-state index in [1.165, 1.54) is 0 Å². The number of carbonyl (C=O) groups is 2. The number of para-hydroxylation sites is 1. The van der Waals surface area contributed by atoms with E-state index in [0.717, 1.165) is 11.3 Å². The molecule has 0 aliphatic carbocycles. The van der Waals surface area contributed by atoms with Crippen LogP contribution >= 0.6 is 0 Å². The van der Waals surface area contributed by atoms with Gasteiger partial charge in [-0.2, -0.15) is 0 Å². The summed E-state index contributed by atoms with van der Waals surface area (Å²) >= 11 is 0. The minimum Gasteiger partial charge on any atom is -0.497 e. The van der Waals surface area contributed by atoms with Crippen LogP contribution in [0.2, 0.25) is 0 Å². The molecular formula is C19H21NO4. The van der Waals surface area contributed by atoms with Crippen LogP contribution in [0.1, 0.15) is 28.8 Å². The summed E-state index contributed by atoms with van der Waals surface area (Å²) in [6, 6.07) is 14.4. The fourth-order valence-corrected chi connectivity index (χ4v) is 2.30. The van der Waals surface area contributed by atoms with Crippen LogP contribution < -0.4 is 14.8 Å². The van der Waals surface area contributed by atoms with Gasteiger partial charge in [0, 0.05) is 30.5 Å². The van der Waals surface area contributed by atoms with E-state index in [4.69, 9.17) is 9.47 Å². The highest BCUT2D eigenvalue weighted by atomic mass is 16.5. The smallest absolute Gasteiger partial charge is 0.220 e. The maximum atomic E-state index is 12.1. The molecule has 2 aromatic carbocycles. The topological polar surface area (TPSA) is 64.6 Å². The maximum Gasteiger partial charge on any atom is 0.220 e. The van der Waals surface area contributed by atoms with Gasteiger partial charge in [0.2, 0.25) is 5.91 Å². The number of rotatable bonds is 8. The summed E-state index contributed by atoms with van der Waals surface area (Å²) in [5.74, 6) is 1.10. The highest BCUT2D eigenvalue weighted by molar-refractivity contribution is 5.98. The second-order valence-electron chi connectivity index (χ2n) is 5.24. The number of carbonyl (C=O) groups excluding carboxylic acids is 2. The molecule has 0 fully saturated rings. The van der Waals surface area contributed by atoms with Crippen molar-refractivity contribution >= 4 is 11.7 Å². The lowest BCUT2D eigenvalue weighted by atomic mass is 10.1. The number of ketones is 1. The van der Waals surface area contributed by atoms with Crippen LogP contribution in [-0.4, -0.2) is 25.9 Å². The van der Waals surface area contributed by atoms with Crippen molar-refractivity contribution in [2.75, 3.05) is 14.2 Å². The van der Waals surface area contributed by atoms with E-state index in [-0.39, 0.29) is 24.5 Å². The van der Waals surface area contributed by atoms with Crippen molar-refractivity contribution in [2.24, 2.45) is 0 Å². The van der Waals surface area contributed by atoms with Gasteiger partial charge in [-0.1, -0.05) is 30.3 Å². The number of nitrogens with one attached hydrogen (secondary N) is 1. The second kappa shape index (κ2) is 8.72. The van der Waals surface area contributed by atoms with Gasteiger partial charge in [-0.15, -0.1) is 0 Å². The van der Waals surface area contributed by atoms with Crippen LogP contribution in [0.4, 0.5) is 0 Å². The largest absolute Gasteiger partial charge is 0.497 e. The Kier molecular flexibility index (Phi) is 6.37. The van der Waals surface area contributed by atoms with Gasteiger partial charge in [-0.05, 0) is 18.2 Å². The Balaban J connectivity index is 1.83. The standard InChI is InChI=1S/C19H21NO4/c1-23-16-8-5-7-14(12-16)17(21)10-11-19(22)20-13-15-6-3-4-9-18(15)24-2/h3-9,12H,10-11,13H2,1-2H3,(H,20,22). The molecule has 0 aliphatic heterocycles. The van der Waals surface area contributed by atoms with Gasteiger partial charge >= 0.3 is 0 Å². The summed E-state index contributed by atoms with van der Waals surface area (Å²) in [4.78, 5) is 24.1. The number of ether oxygens (including phenoxy) is 2. The summed E-state index contributed by atoms with van der Waals surface area (Å²) in [5, 5.41) is 2.81. The average molecular weight is 327 g/mol. The van der Waals surface area contributed by atoms with E-state index >= 15 is 0 Å². The quantitative estimate of drug-likeness (QED) is 0.757. The first-order chi connectivity index (χ1) is 11.6. The molecule has 0 bridgehead atoms. The number of hydrogen-bond donors (Lipinski definition) is 1. The summed E-state index contributed by atoms with van der Waals surface area (Å²) < 4.78 is 10.3. The van der Waals surface area contributed by atoms with Crippen LogP contribution in [0, 0.1) is 0 Å². The molecule has 5 nitrogen and oxygen atoms in total. The Labute approximate surface area is 141 Å². The molecule has 0 saturated carbocycles. The van der Waals surface area contributed by atoms with E-state index in [2.05, 4.69) is 5.32 Å². The Morgan fingerprint density at radius 2 is 1.75 bits per heavy atom. The van der Waals surface area contributed by atoms with Crippen molar-refractivity contribution in [1.29, 1.82) is 0 Å². The molecule has 0 unspecified atom stereocenters. The molecule has 126 valence electrons. The normalized spacial score (nSPS) is 10.1. The second-order valence-corrected chi connectivity index (χ2v) is 5.24. The van der Waals surface area contributed by atoms with Crippen LogP contribution in [0.5, 0.6) is 11.5 Å². The molecule has 2 rings (SSSR count). The predicted molar refractivity (Wildman–Crippen MR) is 91.4 cm³/mol. The van der Waals surface area contributed by atoms with Crippen LogP contribution in [0.15, 0.2) is 48.5 Å². The summed E-state index contributed by atoms with van der Waals surface area (Å²) in [7, 11) is 3.14. The molecule has 0 saturated heterocycles. The first-order valence-electron chi connectivity index (χ1n) is 7.70. The predicted octanol–water partition coefficient (Wildman–Crippen LogP) is 2.98. The molecule has 2 aromatic rings. The number of benzene rings is 2. The molecule has 0 aromatic heterocycles. The Bertz CT molecular complexity index is 712. The van der Waals surface area contributed by atoms with Gasteiger partial charge in [0.1, 0.15) is 11.5 Å². The number of methoxy groups -OCH3 is 2. The third kappa shape index (κ3) is 4.84. The molecule has 5 heteroatoms. The number of hydrogen-bond acceptors (Lipinski definition) is 4. The lowest BCUT2D eigenvalue weighted by Gasteiger charge is -2.09. The Morgan fingerprint density at radius 3 is 2.50 bits per heavy atom. The SMILES string of the molecule is COc1cccc(C(=O)CCC(=O)NCc2ccccc2OC)c1. The van der Waals surface area contributed by atoms with Crippen molar-refractivity contribution in [3.05, 3.63) is 59.7 Å². The Hall–Kier alpha value is -2.82. The number of amides is 1. The lowest BCUT2D eigenvalue weighted by Crippen LogP contribution is -2.23. The molecule has 0 heterocycles. The zero-order valence-electron chi connectivity index (χ0n) is 13.9. The number of Topliss-reactive ketones (excluding diaryl/α,β-unsaturated/α-hetero) is 1. The van der Waals surface area contributed by atoms with Crippen LogP contribution in [-0.2, 0) is 11.3 Å². The van der Waals surface area contributed by atoms with Crippen LogP contribution in [0.25, 0.3) is 0 Å². The lowest BCUT2D eigenvalue weighted by molar-refractivity contribution is -0.121. The maximum absolute atomic E-state index is 12.1. The minimum atomic E-state index is -0.169. The van der Waals surface area contributed by atoms with Crippen LogP contribution in [0.3, 0.4) is 0 Å². The molecule has 0 atom stereocenters. The fourth-order valence-electron chi connectivity index (χ4n) is 2.30. The monoisotopic (exact) mass is 327 g/mol. The first-order valence-corrected chi connectivity index (χ1v) is 7.70. The van der Waals surface area contributed by atoms with Crippen molar-refractivity contribution in [2.45, 2.75) is 19.4 Å². The van der Waals surface area contributed by atoms with Crippen molar-refractivity contribution in [3.63, 3.8) is 0 Å². The summed E-state index contributed by atoms with van der Waals surface area (Å²) in [6.07, 6.45) is 0.302. The van der Waals surface area contributed by atoms with Gasteiger partial charge < -0.3 is 14.8 Å². The highest BCUT2D eigenvalue weighted by Gasteiger charge is 2.11. The van der Waals surface area contributed by atoms with Gasteiger partial charge in [-0.25, -0.2) is 0 Å². The molecule has 1 N–H and O–H groups in total. The van der Waals surface area contributed by atoms with Gasteiger partial charge in [-0.3, -0.25) is 9.59 Å². The average Bonchev–Trinajstić information content (AvgIpc) is 2.64.